The molecule has 0 saturated heterocycles. The second kappa shape index (κ2) is 4.73. The summed E-state index contributed by atoms with van der Waals surface area (Å²) in [6.45, 7) is 4.04. The topological polar surface area (TPSA) is 17.1 Å². The standard InChI is InChI=1S/C8H15ClO/c1-3-5-6-8(9,4-2)7-10/h7H,3-6H2,1-2H3. The minimum atomic E-state index is -0.573. The number of rotatable bonds is 5. The van der Waals surface area contributed by atoms with E-state index in [1.807, 2.05) is 6.92 Å². The molecule has 0 radical (unpaired) electrons. The van der Waals surface area contributed by atoms with E-state index in [4.69, 9.17) is 11.6 Å². The van der Waals surface area contributed by atoms with Gasteiger partial charge in [-0.15, -0.1) is 11.6 Å². The Bertz CT molecular complexity index is 103. The molecule has 0 heterocycles. The number of carbonyl (C=O) groups is 1. The zero-order chi connectivity index (χ0) is 8.04. The molecule has 0 aromatic rings. The molecule has 0 fully saturated rings. The van der Waals surface area contributed by atoms with E-state index in [9.17, 15) is 4.79 Å². The molecule has 0 saturated carbocycles. The van der Waals surface area contributed by atoms with Crippen LogP contribution < -0.4 is 0 Å². The van der Waals surface area contributed by atoms with Gasteiger partial charge in [-0.2, -0.15) is 0 Å². The highest BCUT2D eigenvalue weighted by Gasteiger charge is 2.22. The van der Waals surface area contributed by atoms with Gasteiger partial charge in [-0.25, -0.2) is 0 Å². The van der Waals surface area contributed by atoms with Gasteiger partial charge in [0.2, 0.25) is 0 Å². The van der Waals surface area contributed by atoms with Crippen LogP contribution in [0.1, 0.15) is 39.5 Å². The first-order valence-electron chi connectivity index (χ1n) is 3.83. The molecule has 1 unspecified atom stereocenters. The van der Waals surface area contributed by atoms with Gasteiger partial charge >= 0.3 is 0 Å². The number of halogens is 1. The quantitative estimate of drug-likeness (QED) is 0.449. The molecular weight excluding hydrogens is 148 g/mol. The molecule has 0 aliphatic carbocycles. The van der Waals surface area contributed by atoms with Crippen LogP contribution in [0.2, 0.25) is 0 Å². The lowest BCUT2D eigenvalue weighted by atomic mass is 10.0. The number of unbranched alkanes of at least 4 members (excludes halogenated alkanes) is 1. The van der Waals surface area contributed by atoms with Gasteiger partial charge < -0.3 is 4.79 Å². The first kappa shape index (κ1) is 9.96. The third kappa shape index (κ3) is 3.21. The van der Waals surface area contributed by atoms with Crippen molar-refractivity contribution < 1.29 is 4.79 Å². The van der Waals surface area contributed by atoms with Crippen molar-refractivity contribution >= 4 is 17.9 Å². The van der Waals surface area contributed by atoms with E-state index in [2.05, 4.69) is 6.92 Å². The van der Waals surface area contributed by atoms with E-state index in [1.54, 1.807) is 0 Å². The maximum absolute atomic E-state index is 10.4. The number of hydrogen-bond donors (Lipinski definition) is 0. The second-order valence-corrected chi connectivity index (χ2v) is 3.36. The Morgan fingerprint density at radius 3 is 2.40 bits per heavy atom. The highest BCUT2D eigenvalue weighted by molar-refractivity contribution is 6.31. The van der Waals surface area contributed by atoms with Crippen LogP contribution in [0.5, 0.6) is 0 Å². The molecule has 0 aromatic heterocycles. The minimum absolute atomic E-state index is 0.573. The van der Waals surface area contributed by atoms with E-state index < -0.39 is 4.87 Å². The normalized spacial score (nSPS) is 16.3. The van der Waals surface area contributed by atoms with Gasteiger partial charge in [0, 0.05) is 0 Å². The van der Waals surface area contributed by atoms with Gasteiger partial charge in [-0.3, -0.25) is 0 Å². The second-order valence-electron chi connectivity index (χ2n) is 2.61. The maximum Gasteiger partial charge on any atom is 0.140 e. The fourth-order valence-corrected chi connectivity index (χ4v) is 0.923. The van der Waals surface area contributed by atoms with Crippen LogP contribution in [-0.4, -0.2) is 11.2 Å². The summed E-state index contributed by atoms with van der Waals surface area (Å²) in [6, 6.07) is 0. The Morgan fingerprint density at radius 1 is 1.50 bits per heavy atom. The maximum atomic E-state index is 10.4. The van der Waals surface area contributed by atoms with Crippen LogP contribution in [0, 0.1) is 0 Å². The molecular formula is C8H15ClO. The molecule has 0 N–H and O–H groups in total. The zero-order valence-corrected chi connectivity index (χ0v) is 7.45. The molecule has 1 atom stereocenters. The molecule has 1 nitrogen and oxygen atoms in total. The molecule has 60 valence electrons. The van der Waals surface area contributed by atoms with E-state index in [0.717, 1.165) is 32.0 Å². The van der Waals surface area contributed by atoms with E-state index in [0.29, 0.717) is 0 Å². The smallest absolute Gasteiger partial charge is 0.140 e. The van der Waals surface area contributed by atoms with Crippen molar-refractivity contribution in [1.29, 1.82) is 0 Å². The van der Waals surface area contributed by atoms with Crippen LogP contribution >= 0.6 is 11.6 Å². The third-order valence-corrected chi connectivity index (χ3v) is 2.29. The van der Waals surface area contributed by atoms with Crippen molar-refractivity contribution in [3.05, 3.63) is 0 Å². The van der Waals surface area contributed by atoms with Gasteiger partial charge in [0.25, 0.3) is 0 Å². The zero-order valence-electron chi connectivity index (χ0n) is 6.69. The Kier molecular flexibility index (Phi) is 4.71. The van der Waals surface area contributed by atoms with Crippen LogP contribution in [0.4, 0.5) is 0 Å². The number of aldehydes is 1. The highest BCUT2D eigenvalue weighted by atomic mass is 35.5. The van der Waals surface area contributed by atoms with Gasteiger partial charge in [0.05, 0.1) is 4.87 Å². The van der Waals surface area contributed by atoms with Crippen LogP contribution in [-0.2, 0) is 4.79 Å². The van der Waals surface area contributed by atoms with E-state index >= 15 is 0 Å². The molecule has 0 amide bonds. The molecule has 0 spiro atoms. The van der Waals surface area contributed by atoms with Gasteiger partial charge in [-0.05, 0) is 12.8 Å². The summed E-state index contributed by atoms with van der Waals surface area (Å²) in [5.74, 6) is 0. The molecule has 2 heteroatoms. The van der Waals surface area contributed by atoms with Crippen LogP contribution in [0.15, 0.2) is 0 Å². The SMILES string of the molecule is CCCCC(Cl)(C=O)CC. The van der Waals surface area contributed by atoms with Gasteiger partial charge in [-0.1, -0.05) is 26.7 Å². The predicted octanol–water partition coefficient (Wildman–Crippen LogP) is 2.76. The van der Waals surface area contributed by atoms with Gasteiger partial charge in [0.15, 0.2) is 0 Å². The number of carbonyl (C=O) groups excluding carboxylic acids is 1. The summed E-state index contributed by atoms with van der Waals surface area (Å²) < 4.78 is 0. The fraction of sp³-hybridized carbons (Fsp3) is 0.875. The number of hydrogen-bond acceptors (Lipinski definition) is 1. The monoisotopic (exact) mass is 162 g/mol. The average Bonchev–Trinajstić information content (AvgIpc) is 2.00. The van der Waals surface area contributed by atoms with E-state index in [-0.39, 0.29) is 0 Å². The van der Waals surface area contributed by atoms with Crippen molar-refractivity contribution in [3.8, 4) is 0 Å². The van der Waals surface area contributed by atoms with Crippen molar-refractivity contribution in [2.45, 2.75) is 44.4 Å². The molecule has 0 aliphatic rings. The molecule has 10 heavy (non-hydrogen) atoms. The lowest BCUT2D eigenvalue weighted by Gasteiger charge is -2.16. The molecule has 0 rings (SSSR count). The fourth-order valence-electron chi connectivity index (χ4n) is 0.790. The summed E-state index contributed by atoms with van der Waals surface area (Å²) in [6.07, 6.45) is 4.55. The number of alkyl halides is 1. The Morgan fingerprint density at radius 2 is 2.10 bits per heavy atom. The van der Waals surface area contributed by atoms with Crippen molar-refractivity contribution in [3.63, 3.8) is 0 Å². The van der Waals surface area contributed by atoms with Crippen LogP contribution in [0.25, 0.3) is 0 Å². The molecule has 0 bridgehead atoms. The Labute approximate surface area is 67.8 Å². The summed E-state index contributed by atoms with van der Waals surface area (Å²) in [5, 5.41) is 0. The summed E-state index contributed by atoms with van der Waals surface area (Å²) in [4.78, 5) is 9.86. The average molecular weight is 163 g/mol. The largest absolute Gasteiger partial charge is 0.301 e. The lowest BCUT2D eigenvalue weighted by molar-refractivity contribution is -0.110. The summed E-state index contributed by atoms with van der Waals surface area (Å²) in [5.41, 5.74) is 0. The minimum Gasteiger partial charge on any atom is -0.301 e. The summed E-state index contributed by atoms with van der Waals surface area (Å²) in [7, 11) is 0. The third-order valence-electron chi connectivity index (χ3n) is 1.74. The van der Waals surface area contributed by atoms with Crippen molar-refractivity contribution in [2.24, 2.45) is 0 Å². The molecule has 0 aromatic carbocycles. The first-order valence-corrected chi connectivity index (χ1v) is 4.21. The first-order chi connectivity index (χ1) is 4.68. The van der Waals surface area contributed by atoms with Gasteiger partial charge in [0.1, 0.15) is 6.29 Å². The van der Waals surface area contributed by atoms with Crippen molar-refractivity contribution in [1.82, 2.24) is 0 Å². The Hall–Kier alpha value is -0.0400. The van der Waals surface area contributed by atoms with Crippen molar-refractivity contribution in [2.75, 3.05) is 0 Å². The van der Waals surface area contributed by atoms with Crippen LogP contribution in [0.3, 0.4) is 0 Å². The predicted molar refractivity (Wildman–Crippen MR) is 44.5 cm³/mol. The molecule has 0 aliphatic heterocycles. The lowest BCUT2D eigenvalue weighted by Crippen LogP contribution is -2.21. The summed E-state index contributed by atoms with van der Waals surface area (Å²) >= 11 is 5.92. The van der Waals surface area contributed by atoms with E-state index in [1.165, 1.54) is 0 Å². The highest BCUT2D eigenvalue weighted by Crippen LogP contribution is 2.23. The Balaban J connectivity index is 3.68.